The number of hydrogen-bond donors (Lipinski definition) is 2. The number of nitrogens with zero attached hydrogens (tertiary/aromatic N) is 2. The van der Waals surface area contributed by atoms with Crippen molar-refractivity contribution in [1.29, 1.82) is 0 Å². The fraction of sp³-hybridized carbons (Fsp3) is 0.348. The van der Waals surface area contributed by atoms with Crippen molar-refractivity contribution in [2.24, 2.45) is 10.4 Å². The molecule has 1 spiro atoms. The van der Waals surface area contributed by atoms with E-state index in [-0.39, 0.29) is 27.8 Å². The summed E-state index contributed by atoms with van der Waals surface area (Å²) < 4.78 is 5.35. The number of aliphatic carboxylic acids is 1. The molecule has 2 atom stereocenters. The van der Waals surface area contributed by atoms with E-state index in [4.69, 9.17) is 39.5 Å². The maximum Gasteiger partial charge on any atom is 0.328 e. The highest BCUT2D eigenvalue weighted by Gasteiger charge is 2.59. The fourth-order valence-corrected chi connectivity index (χ4v) is 5.20. The van der Waals surface area contributed by atoms with Gasteiger partial charge in [0.1, 0.15) is 5.38 Å². The first-order valence-corrected chi connectivity index (χ1v) is 11.7. The number of aromatic nitrogens is 1. The van der Waals surface area contributed by atoms with Crippen LogP contribution in [0.2, 0.25) is 10.0 Å². The molecule has 1 saturated carbocycles. The SMILES string of the molecule is O=C(Nc1ccc(C[C@H](N=C2C(Cl)C(=O)C23CCOCC3)C(=O)O)cc1)c1c(Cl)cncc1Cl. The number of pyridine rings is 1. The van der Waals surface area contributed by atoms with Gasteiger partial charge >= 0.3 is 5.97 Å². The van der Waals surface area contributed by atoms with Crippen molar-refractivity contribution in [3.05, 3.63) is 57.8 Å². The predicted octanol–water partition coefficient (Wildman–Crippen LogP) is 4.06. The number of benzene rings is 1. The molecule has 2 N–H and O–H groups in total. The molecule has 2 aromatic rings. The Morgan fingerprint density at radius 3 is 2.38 bits per heavy atom. The summed E-state index contributed by atoms with van der Waals surface area (Å²) in [7, 11) is 0. The number of aliphatic imine (C=N–C) groups is 1. The van der Waals surface area contributed by atoms with E-state index < -0.39 is 28.7 Å². The molecule has 2 fully saturated rings. The van der Waals surface area contributed by atoms with Crippen molar-refractivity contribution in [3.8, 4) is 0 Å². The molecule has 0 radical (unpaired) electrons. The maximum absolute atomic E-state index is 12.5. The van der Waals surface area contributed by atoms with Crippen LogP contribution in [-0.4, -0.2) is 58.1 Å². The minimum atomic E-state index is -1.11. The van der Waals surface area contributed by atoms with Crippen LogP contribution in [0.1, 0.15) is 28.8 Å². The monoisotopic (exact) mass is 523 g/mol. The molecule has 1 aromatic carbocycles. The highest BCUT2D eigenvalue weighted by molar-refractivity contribution is 6.54. The Bertz CT molecular complexity index is 1140. The van der Waals surface area contributed by atoms with Gasteiger partial charge in [0.25, 0.3) is 5.91 Å². The number of carbonyl (C=O) groups is 3. The van der Waals surface area contributed by atoms with E-state index >= 15 is 0 Å². The number of ketones is 1. The molecule has 4 rings (SSSR count). The number of amides is 1. The molecular weight excluding hydrogens is 505 g/mol. The molecule has 1 unspecified atom stereocenters. The van der Waals surface area contributed by atoms with Crippen molar-refractivity contribution in [2.45, 2.75) is 30.7 Å². The number of carbonyl (C=O) groups excluding carboxylic acids is 2. The van der Waals surface area contributed by atoms with E-state index in [1.54, 1.807) is 24.3 Å². The van der Waals surface area contributed by atoms with Crippen LogP contribution in [-0.2, 0) is 20.7 Å². The number of Topliss-reactive ketones (excluding diaryl/α,β-unsaturated/α-hetero) is 1. The van der Waals surface area contributed by atoms with Gasteiger partial charge in [-0.05, 0) is 30.5 Å². The zero-order valence-electron chi connectivity index (χ0n) is 17.8. The first kappa shape index (κ1) is 24.6. The molecule has 1 saturated heterocycles. The minimum Gasteiger partial charge on any atom is -0.480 e. The van der Waals surface area contributed by atoms with Crippen LogP contribution in [0, 0.1) is 5.41 Å². The average molecular weight is 525 g/mol. The van der Waals surface area contributed by atoms with Crippen molar-refractivity contribution in [2.75, 3.05) is 18.5 Å². The zero-order valence-corrected chi connectivity index (χ0v) is 20.0. The number of rotatable bonds is 6. The number of halogens is 3. The van der Waals surface area contributed by atoms with Crippen LogP contribution in [0.3, 0.4) is 0 Å². The molecule has 2 heterocycles. The second-order valence-electron chi connectivity index (χ2n) is 8.12. The van der Waals surface area contributed by atoms with Gasteiger partial charge in [-0.15, -0.1) is 11.6 Å². The molecule has 1 amide bonds. The van der Waals surface area contributed by atoms with Gasteiger partial charge in [0.2, 0.25) is 0 Å². The van der Waals surface area contributed by atoms with Gasteiger partial charge in [-0.1, -0.05) is 35.3 Å². The second kappa shape index (κ2) is 10.00. The number of hydrogen-bond acceptors (Lipinski definition) is 6. The number of carboxylic acid groups (broad SMARTS) is 1. The lowest BCUT2D eigenvalue weighted by atomic mass is 9.60. The van der Waals surface area contributed by atoms with Crippen molar-refractivity contribution in [3.63, 3.8) is 0 Å². The van der Waals surface area contributed by atoms with E-state index in [1.807, 2.05) is 0 Å². The van der Waals surface area contributed by atoms with Gasteiger partial charge in [0.05, 0.1) is 26.7 Å². The second-order valence-corrected chi connectivity index (χ2v) is 9.37. The molecule has 1 aliphatic carbocycles. The summed E-state index contributed by atoms with van der Waals surface area (Å²) in [6, 6.07) is 5.56. The Balaban J connectivity index is 1.48. The summed E-state index contributed by atoms with van der Waals surface area (Å²) >= 11 is 18.2. The van der Waals surface area contributed by atoms with Crippen molar-refractivity contribution >= 4 is 63.9 Å². The van der Waals surface area contributed by atoms with Crippen LogP contribution in [0.4, 0.5) is 5.69 Å². The average Bonchev–Trinajstić information content (AvgIpc) is 2.82. The third-order valence-electron chi connectivity index (χ3n) is 6.08. The molecular formula is C23H20Cl3N3O5. The van der Waals surface area contributed by atoms with E-state index in [1.165, 1.54) is 12.4 Å². The third kappa shape index (κ3) is 4.68. The van der Waals surface area contributed by atoms with Gasteiger partial charge in [0, 0.05) is 37.7 Å². The van der Waals surface area contributed by atoms with Crippen molar-refractivity contribution in [1.82, 2.24) is 4.98 Å². The normalized spacial score (nSPS) is 21.2. The number of ether oxygens (including phenoxy) is 1. The predicted molar refractivity (Wildman–Crippen MR) is 128 cm³/mol. The van der Waals surface area contributed by atoms with E-state index in [0.717, 1.165) is 0 Å². The Morgan fingerprint density at radius 1 is 1.18 bits per heavy atom. The number of anilines is 1. The van der Waals surface area contributed by atoms with E-state index in [2.05, 4.69) is 15.3 Å². The Labute approximate surface area is 210 Å². The molecule has 0 bridgehead atoms. The topological polar surface area (TPSA) is 118 Å². The maximum atomic E-state index is 12.5. The largest absolute Gasteiger partial charge is 0.480 e. The summed E-state index contributed by atoms with van der Waals surface area (Å²) in [5, 5.41) is 11.8. The molecule has 2 aliphatic rings. The molecule has 1 aliphatic heterocycles. The van der Waals surface area contributed by atoms with Crippen LogP contribution < -0.4 is 5.32 Å². The zero-order chi connectivity index (χ0) is 24.5. The lowest BCUT2D eigenvalue weighted by molar-refractivity contribution is -0.138. The lowest BCUT2D eigenvalue weighted by Gasteiger charge is -2.47. The van der Waals surface area contributed by atoms with Gasteiger partial charge in [0.15, 0.2) is 11.8 Å². The van der Waals surface area contributed by atoms with Gasteiger partial charge in [-0.2, -0.15) is 0 Å². The highest BCUT2D eigenvalue weighted by atomic mass is 35.5. The first-order chi connectivity index (χ1) is 16.2. The van der Waals surface area contributed by atoms with Crippen LogP contribution in [0.25, 0.3) is 0 Å². The Kier molecular flexibility index (Phi) is 7.23. The smallest absolute Gasteiger partial charge is 0.328 e. The fourth-order valence-electron chi connectivity index (χ4n) is 4.19. The Hall–Kier alpha value is -2.52. The molecule has 8 nitrogen and oxygen atoms in total. The lowest BCUT2D eigenvalue weighted by Crippen LogP contribution is -2.62. The first-order valence-electron chi connectivity index (χ1n) is 10.5. The number of carboxylic acids is 1. The summed E-state index contributed by atoms with van der Waals surface area (Å²) in [4.78, 5) is 45.1. The van der Waals surface area contributed by atoms with Gasteiger partial charge in [-0.25, -0.2) is 4.79 Å². The molecule has 178 valence electrons. The molecule has 11 heteroatoms. The van der Waals surface area contributed by atoms with Gasteiger partial charge < -0.3 is 15.2 Å². The van der Waals surface area contributed by atoms with Crippen LogP contribution in [0.5, 0.6) is 0 Å². The molecule has 1 aromatic heterocycles. The van der Waals surface area contributed by atoms with Gasteiger partial charge in [-0.3, -0.25) is 19.6 Å². The standard InChI is InChI=1S/C23H20Cl3N3O5/c24-14-10-27-11-15(25)17(14)21(31)28-13-3-1-12(2-4-13)9-16(22(32)33)29-19-18(26)20(30)23(19)5-7-34-8-6-23/h1-4,10-11,16,18H,5-9H2,(H,28,31)(H,32,33)/t16-,18?/m0/s1. The van der Waals surface area contributed by atoms with E-state index in [9.17, 15) is 19.5 Å². The Morgan fingerprint density at radius 2 is 1.79 bits per heavy atom. The van der Waals surface area contributed by atoms with Crippen molar-refractivity contribution < 1.29 is 24.2 Å². The molecule has 34 heavy (non-hydrogen) atoms. The minimum absolute atomic E-state index is 0.0967. The number of nitrogens with one attached hydrogen (secondary N) is 1. The number of alkyl halides is 1. The highest BCUT2D eigenvalue weighted by Crippen LogP contribution is 2.46. The van der Waals surface area contributed by atoms with Crippen LogP contribution in [0.15, 0.2) is 41.7 Å². The van der Waals surface area contributed by atoms with Crippen LogP contribution >= 0.6 is 34.8 Å². The quantitative estimate of drug-likeness (QED) is 0.550. The summed E-state index contributed by atoms with van der Waals surface area (Å²) in [6.07, 6.45) is 3.66. The summed E-state index contributed by atoms with van der Waals surface area (Å²) in [5.41, 5.74) is 0.902. The summed E-state index contributed by atoms with van der Waals surface area (Å²) in [5.74, 6) is -1.73. The van der Waals surface area contributed by atoms with E-state index in [0.29, 0.717) is 43.0 Å². The summed E-state index contributed by atoms with van der Waals surface area (Å²) in [6.45, 7) is 0.824. The third-order valence-corrected chi connectivity index (χ3v) is 7.06.